The minimum Gasteiger partial charge on any atom is -0.478 e. The summed E-state index contributed by atoms with van der Waals surface area (Å²) in [4.78, 5) is 22.4. The molecule has 0 saturated carbocycles. The molecule has 110 valence electrons. The van der Waals surface area contributed by atoms with Gasteiger partial charge in [-0.25, -0.2) is 9.59 Å². The van der Waals surface area contributed by atoms with Crippen LogP contribution in [0.15, 0.2) is 18.2 Å². The fraction of sp³-hybridized carbons (Fsp3) is 0.333. The number of hydrogen-bond donors (Lipinski definition) is 3. The number of amides is 2. The third-order valence-electron chi connectivity index (χ3n) is 2.35. The average molecular weight is 319 g/mol. The van der Waals surface area contributed by atoms with Gasteiger partial charge in [-0.05, 0) is 24.6 Å². The summed E-state index contributed by atoms with van der Waals surface area (Å²) in [6.07, 6.45) is 2.21. The maximum Gasteiger partial charge on any atom is 0.337 e. The number of urea groups is 1. The van der Waals surface area contributed by atoms with Gasteiger partial charge in [0.1, 0.15) is 0 Å². The van der Waals surface area contributed by atoms with Crippen LogP contribution < -0.4 is 10.6 Å². The van der Waals surface area contributed by atoms with Crippen LogP contribution in [-0.2, 0) is 10.8 Å². The molecule has 0 aliphatic carbocycles. The predicted molar refractivity (Wildman–Crippen MR) is 79.0 cm³/mol. The van der Waals surface area contributed by atoms with E-state index in [9.17, 15) is 13.8 Å². The molecular weight excluding hydrogens is 304 g/mol. The van der Waals surface area contributed by atoms with Crippen molar-refractivity contribution in [3.05, 3.63) is 28.8 Å². The number of carbonyl (C=O) groups is 2. The summed E-state index contributed by atoms with van der Waals surface area (Å²) in [5, 5.41) is 14.1. The number of aromatic carboxylic acids is 1. The van der Waals surface area contributed by atoms with E-state index in [2.05, 4.69) is 10.6 Å². The normalized spacial score (nSPS) is 11.7. The number of benzene rings is 1. The maximum atomic E-state index is 11.5. The van der Waals surface area contributed by atoms with Crippen molar-refractivity contribution < 1.29 is 18.9 Å². The highest BCUT2D eigenvalue weighted by Gasteiger charge is 2.10. The van der Waals surface area contributed by atoms with Crippen LogP contribution in [0.25, 0.3) is 0 Å². The van der Waals surface area contributed by atoms with Gasteiger partial charge in [-0.3, -0.25) is 4.21 Å². The first-order chi connectivity index (χ1) is 9.40. The first kappa shape index (κ1) is 16.5. The van der Waals surface area contributed by atoms with Crippen LogP contribution in [0.2, 0.25) is 5.02 Å². The van der Waals surface area contributed by atoms with Crippen LogP contribution in [0.4, 0.5) is 10.5 Å². The van der Waals surface area contributed by atoms with Gasteiger partial charge in [0.05, 0.1) is 10.6 Å². The molecule has 0 aliphatic heterocycles. The van der Waals surface area contributed by atoms with Crippen molar-refractivity contribution in [2.24, 2.45) is 0 Å². The lowest BCUT2D eigenvalue weighted by Gasteiger charge is -2.08. The number of halogens is 1. The lowest BCUT2D eigenvalue weighted by atomic mass is 10.2. The quantitative estimate of drug-likeness (QED) is 0.698. The Morgan fingerprint density at radius 3 is 2.70 bits per heavy atom. The van der Waals surface area contributed by atoms with Crippen LogP contribution in [0.1, 0.15) is 16.8 Å². The van der Waals surface area contributed by atoms with Crippen LogP contribution in [-0.4, -0.2) is 39.9 Å². The molecule has 1 aromatic carbocycles. The van der Waals surface area contributed by atoms with Crippen molar-refractivity contribution >= 4 is 40.1 Å². The van der Waals surface area contributed by atoms with Gasteiger partial charge in [0.15, 0.2) is 0 Å². The molecule has 1 atom stereocenters. The third kappa shape index (κ3) is 5.58. The molecule has 20 heavy (non-hydrogen) atoms. The summed E-state index contributed by atoms with van der Waals surface area (Å²) in [5.41, 5.74) is 0.259. The van der Waals surface area contributed by atoms with Gasteiger partial charge in [0, 0.05) is 35.0 Å². The lowest BCUT2D eigenvalue weighted by Crippen LogP contribution is -2.30. The molecule has 0 aliphatic rings. The van der Waals surface area contributed by atoms with Gasteiger partial charge in [0.2, 0.25) is 0 Å². The Labute approximate surface area is 124 Å². The molecule has 8 heteroatoms. The van der Waals surface area contributed by atoms with E-state index in [0.717, 1.165) is 0 Å². The van der Waals surface area contributed by atoms with E-state index in [4.69, 9.17) is 16.7 Å². The van der Waals surface area contributed by atoms with Gasteiger partial charge < -0.3 is 15.7 Å². The first-order valence-electron chi connectivity index (χ1n) is 5.78. The van der Waals surface area contributed by atoms with E-state index in [-0.39, 0.29) is 10.6 Å². The van der Waals surface area contributed by atoms with Crippen LogP contribution in [0.3, 0.4) is 0 Å². The highest BCUT2D eigenvalue weighted by molar-refractivity contribution is 7.84. The average Bonchev–Trinajstić information content (AvgIpc) is 2.36. The fourth-order valence-corrected chi connectivity index (χ4v) is 2.17. The zero-order valence-electron chi connectivity index (χ0n) is 10.8. The number of carboxylic acids is 1. The van der Waals surface area contributed by atoms with Gasteiger partial charge in [0.25, 0.3) is 0 Å². The van der Waals surface area contributed by atoms with Crippen LogP contribution in [0.5, 0.6) is 0 Å². The number of hydrogen-bond acceptors (Lipinski definition) is 3. The van der Waals surface area contributed by atoms with Crippen molar-refractivity contribution in [3.8, 4) is 0 Å². The molecule has 0 aromatic heterocycles. The van der Waals surface area contributed by atoms with Gasteiger partial charge in [-0.1, -0.05) is 11.6 Å². The van der Waals surface area contributed by atoms with Gasteiger partial charge in [-0.2, -0.15) is 0 Å². The molecule has 3 N–H and O–H groups in total. The molecule has 0 radical (unpaired) electrons. The van der Waals surface area contributed by atoms with E-state index in [0.29, 0.717) is 24.4 Å². The van der Waals surface area contributed by atoms with Crippen LogP contribution >= 0.6 is 11.6 Å². The summed E-state index contributed by atoms with van der Waals surface area (Å²) < 4.78 is 10.8. The Balaban J connectivity index is 2.52. The minimum atomic E-state index is -1.16. The van der Waals surface area contributed by atoms with Crippen LogP contribution in [0, 0.1) is 0 Å². The largest absolute Gasteiger partial charge is 0.478 e. The number of nitrogens with one attached hydrogen (secondary N) is 2. The molecule has 6 nitrogen and oxygen atoms in total. The second-order valence-corrected chi connectivity index (χ2v) is 5.97. The zero-order valence-corrected chi connectivity index (χ0v) is 12.4. The maximum absolute atomic E-state index is 11.5. The summed E-state index contributed by atoms with van der Waals surface area (Å²) in [6, 6.07) is 3.74. The molecule has 2 amide bonds. The summed E-state index contributed by atoms with van der Waals surface area (Å²) in [6.45, 7) is 0.394. The van der Waals surface area contributed by atoms with Crippen molar-refractivity contribution in [2.75, 3.05) is 23.9 Å². The summed E-state index contributed by atoms with van der Waals surface area (Å²) in [7, 11) is -0.881. The van der Waals surface area contributed by atoms with Crippen molar-refractivity contribution in [1.82, 2.24) is 5.32 Å². The second kappa shape index (κ2) is 7.86. The smallest absolute Gasteiger partial charge is 0.337 e. The van der Waals surface area contributed by atoms with E-state index >= 15 is 0 Å². The third-order valence-corrected chi connectivity index (χ3v) is 3.54. The lowest BCUT2D eigenvalue weighted by molar-refractivity contribution is 0.0697. The molecular formula is C12H15ClN2O4S. The highest BCUT2D eigenvalue weighted by atomic mass is 35.5. The Morgan fingerprint density at radius 1 is 1.40 bits per heavy atom. The van der Waals surface area contributed by atoms with Gasteiger partial charge in [-0.15, -0.1) is 0 Å². The monoisotopic (exact) mass is 318 g/mol. The standard InChI is InChI=1S/C12H15ClN2O4S/c1-20(19)6-2-5-14-12(18)15-8-3-4-10(13)9(7-8)11(16)17/h3-4,7H,2,5-6H2,1H3,(H,16,17)(H2,14,15,18). The molecule has 0 bridgehead atoms. The Hall–Kier alpha value is -1.60. The van der Waals surface area contributed by atoms with E-state index in [1.165, 1.54) is 18.2 Å². The topological polar surface area (TPSA) is 95.5 Å². The van der Waals surface area contributed by atoms with E-state index in [1.807, 2.05) is 0 Å². The Morgan fingerprint density at radius 2 is 2.10 bits per heavy atom. The minimum absolute atomic E-state index is 0.0779. The Bertz CT molecular complexity index is 536. The van der Waals surface area contributed by atoms with E-state index in [1.54, 1.807) is 6.26 Å². The highest BCUT2D eigenvalue weighted by Crippen LogP contribution is 2.20. The van der Waals surface area contributed by atoms with Crippen molar-refractivity contribution in [2.45, 2.75) is 6.42 Å². The number of carbonyl (C=O) groups excluding carboxylic acids is 1. The zero-order chi connectivity index (χ0) is 15.1. The molecule has 1 aromatic rings. The summed E-state index contributed by atoms with van der Waals surface area (Å²) in [5.74, 6) is -0.644. The number of carboxylic acid groups (broad SMARTS) is 1. The van der Waals surface area contributed by atoms with Gasteiger partial charge >= 0.3 is 12.0 Å². The summed E-state index contributed by atoms with van der Waals surface area (Å²) >= 11 is 5.72. The number of anilines is 1. The molecule has 0 fully saturated rings. The molecule has 1 unspecified atom stereocenters. The fourth-order valence-electron chi connectivity index (χ4n) is 1.42. The number of rotatable bonds is 6. The molecule has 0 saturated heterocycles. The van der Waals surface area contributed by atoms with E-state index < -0.39 is 22.8 Å². The Kier molecular flexibility index (Phi) is 6.47. The van der Waals surface area contributed by atoms with Crippen molar-refractivity contribution in [3.63, 3.8) is 0 Å². The second-order valence-electron chi connectivity index (χ2n) is 4.01. The molecule has 0 spiro atoms. The first-order valence-corrected chi connectivity index (χ1v) is 7.88. The molecule has 1 rings (SSSR count). The SMILES string of the molecule is CS(=O)CCCNC(=O)Nc1ccc(Cl)c(C(=O)O)c1. The predicted octanol–water partition coefficient (Wildman–Crippen LogP) is 1.93. The molecule has 0 heterocycles. The van der Waals surface area contributed by atoms with Crippen molar-refractivity contribution in [1.29, 1.82) is 0 Å².